The second kappa shape index (κ2) is 6.30. The molecule has 0 saturated heterocycles. The van der Waals surface area contributed by atoms with Crippen molar-refractivity contribution >= 4 is 11.6 Å². The third-order valence-corrected chi connectivity index (χ3v) is 3.24. The highest BCUT2D eigenvalue weighted by Crippen LogP contribution is 2.28. The Morgan fingerprint density at radius 3 is 2.71 bits per heavy atom. The van der Waals surface area contributed by atoms with Crippen LogP contribution in [0, 0.1) is 0 Å². The van der Waals surface area contributed by atoms with E-state index in [1.54, 1.807) is 19.6 Å². The Balaban J connectivity index is 2.36. The summed E-state index contributed by atoms with van der Waals surface area (Å²) < 4.78 is 7.20. The van der Waals surface area contributed by atoms with Crippen molar-refractivity contribution in [3.05, 3.63) is 42.5 Å². The largest absolute Gasteiger partial charge is 0.495 e. The maximum Gasteiger partial charge on any atom is 0.246 e. The number of ether oxygens (including phenoxy) is 1. The number of nitrogens with one attached hydrogen (secondary N) is 1. The van der Waals surface area contributed by atoms with Crippen LogP contribution < -0.4 is 15.8 Å². The molecular formula is C15H20N4O2. The van der Waals surface area contributed by atoms with E-state index in [9.17, 15) is 4.79 Å². The Kier molecular flexibility index (Phi) is 4.47. The van der Waals surface area contributed by atoms with Gasteiger partial charge < -0.3 is 20.4 Å². The molecule has 3 N–H and O–H groups in total. The van der Waals surface area contributed by atoms with Gasteiger partial charge in [-0.05, 0) is 26.0 Å². The Morgan fingerprint density at radius 1 is 1.38 bits per heavy atom. The van der Waals surface area contributed by atoms with Gasteiger partial charge in [0.25, 0.3) is 0 Å². The summed E-state index contributed by atoms with van der Waals surface area (Å²) in [6.07, 6.45) is 3.34. The minimum Gasteiger partial charge on any atom is -0.495 e. The monoisotopic (exact) mass is 288 g/mol. The fourth-order valence-electron chi connectivity index (χ4n) is 2.18. The van der Waals surface area contributed by atoms with Crippen molar-refractivity contribution in [2.24, 2.45) is 5.73 Å². The van der Waals surface area contributed by atoms with Gasteiger partial charge in [-0.1, -0.05) is 12.1 Å². The van der Waals surface area contributed by atoms with Crippen LogP contribution in [0.2, 0.25) is 0 Å². The van der Waals surface area contributed by atoms with Crippen LogP contribution in [-0.4, -0.2) is 22.6 Å². The van der Waals surface area contributed by atoms with Gasteiger partial charge in [0.15, 0.2) is 0 Å². The second-order valence-electron chi connectivity index (χ2n) is 5.00. The summed E-state index contributed by atoms with van der Waals surface area (Å²) >= 11 is 0. The number of benzene rings is 1. The van der Waals surface area contributed by atoms with Gasteiger partial charge in [-0.15, -0.1) is 0 Å². The molecule has 1 heterocycles. The van der Waals surface area contributed by atoms with Crippen LogP contribution in [0.25, 0.3) is 0 Å². The highest BCUT2D eigenvalue weighted by atomic mass is 16.5. The van der Waals surface area contributed by atoms with Gasteiger partial charge in [0, 0.05) is 6.04 Å². The molecule has 0 bridgehead atoms. The number of methoxy groups -OCH3 is 1. The first-order valence-electron chi connectivity index (χ1n) is 6.75. The number of carbonyl (C=O) groups is 1. The Bertz CT molecular complexity index is 622. The van der Waals surface area contributed by atoms with Crippen molar-refractivity contribution < 1.29 is 9.53 Å². The number of anilines is 1. The number of nitrogens with zero attached hydrogens (tertiary/aromatic N) is 2. The number of rotatable bonds is 6. The van der Waals surface area contributed by atoms with Crippen molar-refractivity contribution in [3.8, 4) is 5.75 Å². The van der Waals surface area contributed by atoms with Crippen LogP contribution in [0.4, 0.5) is 5.69 Å². The quantitative estimate of drug-likeness (QED) is 0.853. The molecule has 0 fully saturated rings. The lowest BCUT2D eigenvalue weighted by atomic mass is 10.1. The number of hydrogen-bond acceptors (Lipinski definition) is 4. The molecule has 1 aromatic carbocycles. The second-order valence-corrected chi connectivity index (χ2v) is 5.00. The van der Waals surface area contributed by atoms with Crippen LogP contribution in [0.5, 0.6) is 5.75 Å². The third kappa shape index (κ3) is 3.16. The summed E-state index contributed by atoms with van der Waals surface area (Å²) in [7, 11) is 1.58. The van der Waals surface area contributed by atoms with Crippen LogP contribution >= 0.6 is 0 Å². The Labute approximate surface area is 123 Å². The molecule has 1 unspecified atom stereocenters. The molecule has 0 radical (unpaired) electrons. The first-order chi connectivity index (χ1) is 10.0. The standard InChI is InChI=1S/C15H20N4O2/c1-10(2)19-9-17-8-12(19)14(15(16)20)18-11-6-4-5-7-13(11)21-3/h4-10,14,18H,1-3H3,(H2,16,20). The average molecular weight is 288 g/mol. The van der Waals surface area contributed by atoms with Crippen molar-refractivity contribution in [3.63, 3.8) is 0 Å². The summed E-state index contributed by atoms with van der Waals surface area (Å²) in [6, 6.07) is 6.89. The first kappa shape index (κ1) is 14.9. The lowest BCUT2D eigenvalue weighted by Crippen LogP contribution is -2.30. The highest BCUT2D eigenvalue weighted by Gasteiger charge is 2.23. The Morgan fingerprint density at radius 2 is 2.10 bits per heavy atom. The van der Waals surface area contributed by atoms with E-state index in [1.165, 1.54) is 0 Å². The van der Waals surface area contributed by atoms with E-state index >= 15 is 0 Å². The maximum absolute atomic E-state index is 11.9. The van der Waals surface area contributed by atoms with Crippen molar-refractivity contribution in [1.82, 2.24) is 9.55 Å². The zero-order valence-corrected chi connectivity index (χ0v) is 12.4. The average Bonchev–Trinajstić information content (AvgIpc) is 2.94. The summed E-state index contributed by atoms with van der Waals surface area (Å²) in [5, 5.41) is 3.14. The molecule has 0 aliphatic heterocycles. The fraction of sp³-hybridized carbons (Fsp3) is 0.333. The van der Waals surface area contributed by atoms with Gasteiger partial charge in [-0.2, -0.15) is 0 Å². The summed E-state index contributed by atoms with van der Waals surface area (Å²) in [6.45, 7) is 4.04. The number of hydrogen-bond donors (Lipinski definition) is 2. The number of para-hydroxylation sites is 2. The molecule has 6 nitrogen and oxygen atoms in total. The molecule has 2 rings (SSSR count). The molecule has 1 amide bonds. The Hall–Kier alpha value is -2.50. The lowest BCUT2D eigenvalue weighted by molar-refractivity contribution is -0.119. The first-order valence-corrected chi connectivity index (χ1v) is 6.75. The number of nitrogens with two attached hydrogens (primary N) is 1. The molecule has 0 aliphatic carbocycles. The summed E-state index contributed by atoms with van der Waals surface area (Å²) in [4.78, 5) is 16.0. The van der Waals surface area contributed by atoms with Crippen molar-refractivity contribution in [2.45, 2.75) is 25.9 Å². The molecule has 0 saturated carbocycles. The van der Waals surface area contributed by atoms with Gasteiger partial charge in [0.05, 0.1) is 31.0 Å². The molecule has 0 aliphatic rings. The normalized spacial score (nSPS) is 12.2. The molecule has 1 atom stereocenters. The topological polar surface area (TPSA) is 82.2 Å². The number of primary amides is 1. The van der Waals surface area contributed by atoms with Crippen LogP contribution in [0.15, 0.2) is 36.8 Å². The summed E-state index contributed by atoms with van der Waals surface area (Å²) in [5.41, 5.74) is 6.99. The number of aromatic nitrogens is 2. The lowest BCUT2D eigenvalue weighted by Gasteiger charge is -2.21. The van der Waals surface area contributed by atoms with Crippen molar-refractivity contribution in [2.75, 3.05) is 12.4 Å². The maximum atomic E-state index is 11.9. The van der Waals surface area contributed by atoms with Gasteiger partial charge in [0.1, 0.15) is 11.8 Å². The zero-order valence-electron chi connectivity index (χ0n) is 12.4. The van der Waals surface area contributed by atoms with E-state index in [4.69, 9.17) is 10.5 Å². The van der Waals surface area contributed by atoms with E-state index < -0.39 is 11.9 Å². The summed E-state index contributed by atoms with van der Waals surface area (Å²) in [5.74, 6) is 0.183. The predicted octanol–water partition coefficient (Wildman–Crippen LogP) is 2.11. The van der Waals surface area contributed by atoms with Crippen LogP contribution in [0.1, 0.15) is 31.6 Å². The van der Waals surface area contributed by atoms with Gasteiger partial charge in [-0.25, -0.2) is 4.98 Å². The molecule has 21 heavy (non-hydrogen) atoms. The SMILES string of the molecule is COc1ccccc1NC(C(N)=O)c1cncn1C(C)C. The van der Waals surface area contributed by atoms with Crippen molar-refractivity contribution in [1.29, 1.82) is 0 Å². The smallest absolute Gasteiger partial charge is 0.246 e. The fourth-order valence-corrected chi connectivity index (χ4v) is 2.18. The zero-order chi connectivity index (χ0) is 15.4. The number of imidazole rings is 1. The van der Waals surface area contributed by atoms with E-state index in [1.807, 2.05) is 42.7 Å². The van der Waals surface area contributed by atoms with Crippen LogP contribution in [-0.2, 0) is 4.79 Å². The highest BCUT2D eigenvalue weighted by molar-refractivity contribution is 5.84. The van der Waals surface area contributed by atoms with E-state index in [0.29, 0.717) is 11.4 Å². The van der Waals surface area contributed by atoms with Gasteiger partial charge in [-0.3, -0.25) is 4.79 Å². The minimum atomic E-state index is -0.675. The molecule has 6 heteroatoms. The molecule has 2 aromatic rings. The van der Waals surface area contributed by atoms with E-state index in [2.05, 4.69) is 10.3 Å². The molecule has 112 valence electrons. The van der Waals surface area contributed by atoms with E-state index in [-0.39, 0.29) is 6.04 Å². The molecule has 1 aromatic heterocycles. The third-order valence-electron chi connectivity index (χ3n) is 3.24. The number of amides is 1. The number of carbonyl (C=O) groups excluding carboxylic acids is 1. The molecular weight excluding hydrogens is 268 g/mol. The minimum absolute atomic E-state index is 0.184. The molecule has 0 spiro atoms. The van der Waals surface area contributed by atoms with Crippen LogP contribution in [0.3, 0.4) is 0 Å². The predicted molar refractivity (Wildman–Crippen MR) is 81.2 cm³/mol. The van der Waals surface area contributed by atoms with E-state index in [0.717, 1.165) is 5.69 Å². The van der Waals surface area contributed by atoms with Gasteiger partial charge in [0.2, 0.25) is 5.91 Å². The van der Waals surface area contributed by atoms with Gasteiger partial charge >= 0.3 is 0 Å².